The highest BCUT2D eigenvalue weighted by Gasteiger charge is 2.08. The van der Waals surface area contributed by atoms with Crippen molar-refractivity contribution in [2.45, 2.75) is 6.42 Å². The first-order valence-corrected chi connectivity index (χ1v) is 9.17. The van der Waals surface area contributed by atoms with Crippen molar-refractivity contribution in [1.82, 2.24) is 9.97 Å². The molecular formula is C25H16N4. The van der Waals surface area contributed by atoms with E-state index in [9.17, 15) is 10.5 Å². The smallest absolute Gasteiger partial charge is 0.0992 e. The van der Waals surface area contributed by atoms with Gasteiger partial charge in [0.1, 0.15) is 0 Å². The summed E-state index contributed by atoms with van der Waals surface area (Å²) in [6, 6.07) is 29.1. The lowest BCUT2D eigenvalue weighted by Gasteiger charge is -2.09. The van der Waals surface area contributed by atoms with Crippen LogP contribution in [0.1, 0.15) is 22.5 Å². The molecule has 0 amide bonds. The van der Waals surface area contributed by atoms with E-state index in [-0.39, 0.29) is 0 Å². The Morgan fingerprint density at radius 2 is 1.41 bits per heavy atom. The van der Waals surface area contributed by atoms with Gasteiger partial charge in [-0.15, -0.1) is 0 Å². The number of pyridine rings is 2. The molecule has 136 valence electrons. The van der Waals surface area contributed by atoms with E-state index in [0.717, 1.165) is 33.8 Å². The topological polar surface area (TPSA) is 73.4 Å². The Morgan fingerprint density at radius 1 is 0.655 bits per heavy atom. The van der Waals surface area contributed by atoms with E-state index >= 15 is 0 Å². The molecule has 0 atom stereocenters. The number of rotatable bonds is 4. The lowest BCUT2D eigenvalue weighted by Crippen LogP contribution is -1.96. The second-order valence-corrected chi connectivity index (χ2v) is 6.62. The quantitative estimate of drug-likeness (QED) is 0.497. The van der Waals surface area contributed by atoms with Crippen LogP contribution < -0.4 is 0 Å². The van der Waals surface area contributed by atoms with Crippen LogP contribution in [-0.4, -0.2) is 9.97 Å². The molecule has 4 rings (SSSR count). The number of benzene rings is 2. The van der Waals surface area contributed by atoms with E-state index in [1.54, 1.807) is 12.3 Å². The van der Waals surface area contributed by atoms with Crippen molar-refractivity contribution in [3.63, 3.8) is 0 Å². The summed E-state index contributed by atoms with van der Waals surface area (Å²) in [5.74, 6) is 0. The molecule has 0 saturated carbocycles. The van der Waals surface area contributed by atoms with E-state index in [1.807, 2.05) is 72.8 Å². The zero-order chi connectivity index (χ0) is 20.1. The minimum absolute atomic E-state index is 0.553. The number of aromatic nitrogens is 2. The fourth-order valence-electron chi connectivity index (χ4n) is 3.20. The second-order valence-electron chi connectivity index (χ2n) is 6.62. The number of hydrogen-bond acceptors (Lipinski definition) is 4. The van der Waals surface area contributed by atoms with Gasteiger partial charge in [0.15, 0.2) is 0 Å². The summed E-state index contributed by atoms with van der Waals surface area (Å²) in [4.78, 5) is 9.14. The summed E-state index contributed by atoms with van der Waals surface area (Å²) in [7, 11) is 0. The normalized spacial score (nSPS) is 10.1. The van der Waals surface area contributed by atoms with Gasteiger partial charge in [0, 0.05) is 29.6 Å². The summed E-state index contributed by atoms with van der Waals surface area (Å²) in [6.45, 7) is 0. The maximum Gasteiger partial charge on any atom is 0.0992 e. The molecule has 4 aromatic rings. The molecule has 2 heterocycles. The van der Waals surface area contributed by atoms with Gasteiger partial charge in [0.2, 0.25) is 0 Å². The third kappa shape index (κ3) is 4.18. The third-order valence-corrected chi connectivity index (χ3v) is 4.58. The highest BCUT2D eigenvalue weighted by atomic mass is 14.7. The van der Waals surface area contributed by atoms with Gasteiger partial charge in [0.05, 0.1) is 29.0 Å². The Hall–Kier alpha value is -4.28. The minimum atomic E-state index is 0.553. The second kappa shape index (κ2) is 8.17. The number of hydrogen-bond donors (Lipinski definition) is 0. The standard InChI is InChI=1S/C25H16N4/c26-16-18-5-3-6-20(11-18)21-12-19(17-27)13-22(14-21)25-9-4-8-24(29-25)15-23-7-1-2-10-28-23/h1-14H,15H2. The van der Waals surface area contributed by atoms with E-state index in [2.05, 4.69) is 17.1 Å². The summed E-state index contributed by atoms with van der Waals surface area (Å²) < 4.78 is 0. The van der Waals surface area contributed by atoms with Crippen LogP contribution in [0.3, 0.4) is 0 Å². The molecule has 2 aromatic heterocycles. The summed E-state index contributed by atoms with van der Waals surface area (Å²) in [5.41, 5.74) is 6.45. The molecule has 0 spiro atoms. The predicted molar refractivity (Wildman–Crippen MR) is 112 cm³/mol. The van der Waals surface area contributed by atoms with Gasteiger partial charge in [-0.1, -0.05) is 24.3 Å². The monoisotopic (exact) mass is 372 g/mol. The van der Waals surface area contributed by atoms with E-state index in [1.165, 1.54) is 0 Å². The average molecular weight is 372 g/mol. The van der Waals surface area contributed by atoms with Gasteiger partial charge in [-0.25, -0.2) is 0 Å². The molecular weight excluding hydrogens is 356 g/mol. The van der Waals surface area contributed by atoms with Gasteiger partial charge >= 0.3 is 0 Å². The van der Waals surface area contributed by atoms with Crippen LogP contribution in [0, 0.1) is 22.7 Å². The van der Waals surface area contributed by atoms with Crippen molar-refractivity contribution in [3.8, 4) is 34.5 Å². The van der Waals surface area contributed by atoms with Crippen molar-refractivity contribution in [1.29, 1.82) is 10.5 Å². The van der Waals surface area contributed by atoms with Crippen LogP contribution >= 0.6 is 0 Å². The Labute approximate surface area is 169 Å². The highest BCUT2D eigenvalue weighted by Crippen LogP contribution is 2.28. The summed E-state index contributed by atoms with van der Waals surface area (Å²) in [5, 5.41) is 18.7. The van der Waals surface area contributed by atoms with Gasteiger partial charge in [-0.3, -0.25) is 9.97 Å². The van der Waals surface area contributed by atoms with Crippen molar-refractivity contribution in [2.24, 2.45) is 0 Å². The Kier molecular flexibility index (Phi) is 5.10. The van der Waals surface area contributed by atoms with E-state index in [4.69, 9.17) is 4.98 Å². The highest BCUT2D eigenvalue weighted by molar-refractivity contribution is 5.74. The van der Waals surface area contributed by atoms with Crippen LogP contribution in [0.4, 0.5) is 0 Å². The van der Waals surface area contributed by atoms with Crippen molar-refractivity contribution in [2.75, 3.05) is 0 Å². The SMILES string of the molecule is N#Cc1cccc(-c2cc(C#N)cc(-c3cccc(Cc4ccccn4)n3)c2)c1. The Morgan fingerprint density at radius 3 is 2.21 bits per heavy atom. The lowest BCUT2D eigenvalue weighted by atomic mass is 9.97. The van der Waals surface area contributed by atoms with Crippen molar-refractivity contribution < 1.29 is 0 Å². The molecule has 0 N–H and O–H groups in total. The first kappa shape index (κ1) is 18.1. The van der Waals surface area contributed by atoms with Gasteiger partial charge in [0.25, 0.3) is 0 Å². The first-order chi connectivity index (χ1) is 14.2. The molecule has 0 bridgehead atoms. The fourth-order valence-corrected chi connectivity index (χ4v) is 3.20. The molecule has 0 radical (unpaired) electrons. The largest absolute Gasteiger partial charge is 0.261 e. The van der Waals surface area contributed by atoms with Gasteiger partial charge < -0.3 is 0 Å². The van der Waals surface area contributed by atoms with Crippen LogP contribution in [0.2, 0.25) is 0 Å². The summed E-state index contributed by atoms with van der Waals surface area (Å²) in [6.07, 6.45) is 2.42. The number of nitrogens with zero attached hydrogens (tertiary/aromatic N) is 4. The Bertz CT molecular complexity index is 1250. The Balaban J connectivity index is 1.74. The molecule has 0 aliphatic heterocycles. The van der Waals surface area contributed by atoms with E-state index in [0.29, 0.717) is 17.5 Å². The van der Waals surface area contributed by atoms with Gasteiger partial charge in [-0.05, 0) is 65.7 Å². The van der Waals surface area contributed by atoms with Crippen molar-refractivity contribution in [3.05, 3.63) is 108 Å². The summed E-state index contributed by atoms with van der Waals surface area (Å²) >= 11 is 0. The molecule has 0 saturated heterocycles. The van der Waals surface area contributed by atoms with Gasteiger partial charge in [-0.2, -0.15) is 10.5 Å². The molecule has 29 heavy (non-hydrogen) atoms. The van der Waals surface area contributed by atoms with Crippen LogP contribution in [-0.2, 0) is 6.42 Å². The molecule has 0 aliphatic carbocycles. The molecule has 0 aliphatic rings. The molecule has 2 aromatic carbocycles. The number of nitriles is 2. The molecule has 4 heteroatoms. The van der Waals surface area contributed by atoms with Crippen molar-refractivity contribution >= 4 is 0 Å². The van der Waals surface area contributed by atoms with Crippen LogP contribution in [0.5, 0.6) is 0 Å². The first-order valence-electron chi connectivity index (χ1n) is 9.17. The third-order valence-electron chi connectivity index (χ3n) is 4.58. The lowest BCUT2D eigenvalue weighted by molar-refractivity contribution is 1.01. The molecule has 0 unspecified atom stereocenters. The predicted octanol–water partition coefficient (Wildman–Crippen LogP) is 5.14. The van der Waals surface area contributed by atoms with Crippen LogP contribution in [0.15, 0.2) is 85.1 Å². The molecule has 4 nitrogen and oxygen atoms in total. The maximum absolute atomic E-state index is 9.50. The zero-order valence-corrected chi connectivity index (χ0v) is 15.6. The zero-order valence-electron chi connectivity index (χ0n) is 15.6. The van der Waals surface area contributed by atoms with E-state index < -0.39 is 0 Å². The molecule has 0 fully saturated rings. The van der Waals surface area contributed by atoms with Crippen LogP contribution in [0.25, 0.3) is 22.4 Å². The minimum Gasteiger partial charge on any atom is -0.261 e. The fraction of sp³-hybridized carbons (Fsp3) is 0.0400. The average Bonchev–Trinajstić information content (AvgIpc) is 2.79. The maximum atomic E-state index is 9.50.